The summed E-state index contributed by atoms with van der Waals surface area (Å²) >= 11 is 0. The summed E-state index contributed by atoms with van der Waals surface area (Å²) in [6, 6.07) is 0.543. The first-order chi connectivity index (χ1) is 8.76. The molecule has 1 aliphatic heterocycles. The molecule has 2 aliphatic rings. The highest BCUT2D eigenvalue weighted by atomic mass is 16.5. The van der Waals surface area contributed by atoms with E-state index in [9.17, 15) is 0 Å². The minimum Gasteiger partial charge on any atom is -0.380 e. The predicted octanol–water partition coefficient (Wildman–Crippen LogP) is 2.71. The molecule has 1 unspecified atom stereocenters. The fourth-order valence-electron chi connectivity index (χ4n) is 3.43. The molecule has 2 fully saturated rings. The van der Waals surface area contributed by atoms with E-state index in [1.54, 1.807) is 0 Å². The Labute approximate surface area is 109 Å². The van der Waals surface area contributed by atoms with E-state index in [0.717, 1.165) is 25.1 Å². The Hall–Kier alpha value is -1.03. The van der Waals surface area contributed by atoms with Crippen LogP contribution in [0.2, 0.25) is 0 Å². The topological polar surface area (TPSA) is 39.1 Å². The second-order valence-electron chi connectivity index (χ2n) is 5.83. The zero-order valence-corrected chi connectivity index (χ0v) is 11.2. The quantitative estimate of drug-likeness (QED) is 0.876. The molecule has 3 rings (SSSR count). The molecule has 1 N–H and O–H groups in total. The number of anilines is 1. The summed E-state index contributed by atoms with van der Waals surface area (Å²) in [5, 5.41) is 7.82. The number of nitrogens with zero attached hydrogens (tertiary/aromatic N) is 2. The molecule has 4 nitrogen and oxygen atoms in total. The van der Waals surface area contributed by atoms with Crippen molar-refractivity contribution in [3.8, 4) is 0 Å². The lowest BCUT2D eigenvalue weighted by Crippen LogP contribution is -2.45. The number of aromatic nitrogens is 2. The van der Waals surface area contributed by atoms with Crippen LogP contribution in [0.1, 0.15) is 44.9 Å². The average molecular weight is 249 g/mol. The van der Waals surface area contributed by atoms with Crippen LogP contribution < -0.4 is 5.32 Å². The van der Waals surface area contributed by atoms with Gasteiger partial charge in [-0.3, -0.25) is 4.68 Å². The summed E-state index contributed by atoms with van der Waals surface area (Å²) in [5.74, 6) is 0. The Morgan fingerprint density at radius 2 is 2.22 bits per heavy atom. The van der Waals surface area contributed by atoms with E-state index in [1.807, 2.05) is 24.1 Å². The maximum absolute atomic E-state index is 6.12. The lowest BCUT2D eigenvalue weighted by atomic mass is 9.78. The van der Waals surface area contributed by atoms with Gasteiger partial charge in [-0.2, -0.15) is 5.10 Å². The van der Waals surface area contributed by atoms with E-state index >= 15 is 0 Å². The molecule has 1 spiro atoms. The lowest BCUT2D eigenvalue weighted by molar-refractivity contribution is -0.103. The van der Waals surface area contributed by atoms with Crippen molar-refractivity contribution < 1.29 is 4.74 Å². The van der Waals surface area contributed by atoms with Crippen molar-refractivity contribution >= 4 is 5.69 Å². The van der Waals surface area contributed by atoms with E-state index in [1.165, 1.54) is 32.1 Å². The third-order valence-electron chi connectivity index (χ3n) is 4.33. The Balaban J connectivity index is 1.63. The van der Waals surface area contributed by atoms with Crippen LogP contribution in [0.15, 0.2) is 12.4 Å². The molecule has 0 amide bonds. The van der Waals surface area contributed by atoms with Crippen LogP contribution >= 0.6 is 0 Å². The zero-order valence-electron chi connectivity index (χ0n) is 11.2. The largest absolute Gasteiger partial charge is 0.380 e. The predicted molar refractivity (Wildman–Crippen MR) is 71.6 cm³/mol. The van der Waals surface area contributed by atoms with Crippen LogP contribution in [0.5, 0.6) is 0 Å². The maximum atomic E-state index is 6.12. The molecule has 0 bridgehead atoms. The molecule has 100 valence electrons. The van der Waals surface area contributed by atoms with Crippen molar-refractivity contribution in [2.45, 2.75) is 56.6 Å². The number of aryl methyl sites for hydroxylation is 1. The summed E-state index contributed by atoms with van der Waals surface area (Å²) in [5.41, 5.74) is 1.31. The number of hydrogen-bond donors (Lipinski definition) is 1. The Bertz CT molecular complexity index is 390. The number of nitrogens with one attached hydrogen (secondary N) is 1. The van der Waals surface area contributed by atoms with Crippen molar-refractivity contribution in [1.29, 1.82) is 0 Å². The molecule has 0 radical (unpaired) electrons. The standard InChI is InChI=1S/C14H23N3O/c1-17-11-13(10-15-17)16-12-5-8-18-14(9-12)6-3-2-4-7-14/h10-12,16H,2-9H2,1H3. The molecule has 2 heterocycles. The summed E-state index contributed by atoms with van der Waals surface area (Å²) < 4.78 is 7.96. The highest BCUT2D eigenvalue weighted by Gasteiger charge is 2.38. The first-order valence-electron chi connectivity index (χ1n) is 7.15. The Kier molecular flexibility index (Phi) is 3.29. The van der Waals surface area contributed by atoms with Crippen LogP contribution in [-0.2, 0) is 11.8 Å². The van der Waals surface area contributed by atoms with Gasteiger partial charge in [-0.25, -0.2) is 0 Å². The van der Waals surface area contributed by atoms with E-state index in [0.29, 0.717) is 6.04 Å². The van der Waals surface area contributed by atoms with Crippen LogP contribution in [-0.4, -0.2) is 28.0 Å². The summed E-state index contributed by atoms with van der Waals surface area (Å²) in [7, 11) is 1.96. The van der Waals surface area contributed by atoms with Gasteiger partial charge in [0.2, 0.25) is 0 Å². The molecule has 1 saturated heterocycles. The summed E-state index contributed by atoms with van der Waals surface area (Å²) in [4.78, 5) is 0. The summed E-state index contributed by atoms with van der Waals surface area (Å²) in [6.07, 6.45) is 12.8. The van der Waals surface area contributed by atoms with Crippen LogP contribution in [0.3, 0.4) is 0 Å². The van der Waals surface area contributed by atoms with Crippen molar-refractivity contribution in [2.24, 2.45) is 7.05 Å². The monoisotopic (exact) mass is 249 g/mol. The molecular formula is C14H23N3O. The molecule has 1 saturated carbocycles. The second kappa shape index (κ2) is 4.92. The van der Waals surface area contributed by atoms with Gasteiger partial charge in [0.1, 0.15) is 0 Å². The fraction of sp³-hybridized carbons (Fsp3) is 0.786. The van der Waals surface area contributed by atoms with Gasteiger partial charge in [-0.15, -0.1) is 0 Å². The molecular weight excluding hydrogens is 226 g/mol. The lowest BCUT2D eigenvalue weighted by Gasteiger charge is -2.43. The van der Waals surface area contributed by atoms with Crippen molar-refractivity contribution in [3.63, 3.8) is 0 Å². The van der Waals surface area contributed by atoms with E-state index in [2.05, 4.69) is 10.4 Å². The first-order valence-corrected chi connectivity index (χ1v) is 7.15. The fourth-order valence-corrected chi connectivity index (χ4v) is 3.43. The first kappa shape index (κ1) is 12.0. The van der Waals surface area contributed by atoms with Gasteiger partial charge in [-0.1, -0.05) is 19.3 Å². The normalized spacial score (nSPS) is 27.3. The minimum atomic E-state index is 0.177. The van der Waals surface area contributed by atoms with E-state index in [-0.39, 0.29) is 5.60 Å². The van der Waals surface area contributed by atoms with Crippen molar-refractivity contribution in [1.82, 2.24) is 9.78 Å². The number of ether oxygens (including phenoxy) is 1. The van der Waals surface area contributed by atoms with Crippen LogP contribution in [0, 0.1) is 0 Å². The average Bonchev–Trinajstić information content (AvgIpc) is 2.76. The second-order valence-corrected chi connectivity index (χ2v) is 5.83. The third kappa shape index (κ3) is 2.53. The molecule has 4 heteroatoms. The zero-order chi connectivity index (χ0) is 12.4. The van der Waals surface area contributed by atoms with Gasteiger partial charge < -0.3 is 10.1 Å². The van der Waals surface area contributed by atoms with Gasteiger partial charge in [0.25, 0.3) is 0 Å². The van der Waals surface area contributed by atoms with E-state index in [4.69, 9.17) is 4.74 Å². The Morgan fingerprint density at radius 3 is 2.94 bits per heavy atom. The highest BCUT2D eigenvalue weighted by molar-refractivity contribution is 5.39. The number of hydrogen-bond acceptors (Lipinski definition) is 3. The molecule has 0 aromatic carbocycles. The molecule has 1 atom stereocenters. The molecule has 1 aromatic rings. The van der Waals surface area contributed by atoms with Gasteiger partial charge >= 0.3 is 0 Å². The smallest absolute Gasteiger partial charge is 0.0728 e. The van der Waals surface area contributed by atoms with E-state index < -0.39 is 0 Å². The van der Waals surface area contributed by atoms with Gasteiger partial charge in [0.15, 0.2) is 0 Å². The van der Waals surface area contributed by atoms with Crippen LogP contribution in [0.25, 0.3) is 0 Å². The van der Waals surface area contributed by atoms with Crippen molar-refractivity contribution in [3.05, 3.63) is 12.4 Å². The Morgan fingerprint density at radius 1 is 1.39 bits per heavy atom. The maximum Gasteiger partial charge on any atom is 0.0728 e. The molecule has 18 heavy (non-hydrogen) atoms. The van der Waals surface area contributed by atoms with Gasteiger partial charge in [-0.05, 0) is 25.7 Å². The minimum absolute atomic E-state index is 0.177. The van der Waals surface area contributed by atoms with Crippen molar-refractivity contribution in [2.75, 3.05) is 11.9 Å². The summed E-state index contributed by atoms with van der Waals surface area (Å²) in [6.45, 7) is 0.901. The van der Waals surface area contributed by atoms with Gasteiger partial charge in [0, 0.05) is 25.9 Å². The SMILES string of the molecule is Cn1cc(NC2CCOC3(CCCCC3)C2)cn1. The van der Waals surface area contributed by atoms with Gasteiger partial charge in [0.05, 0.1) is 17.5 Å². The molecule has 1 aliphatic carbocycles. The molecule has 1 aromatic heterocycles. The third-order valence-corrected chi connectivity index (χ3v) is 4.33. The number of rotatable bonds is 2. The van der Waals surface area contributed by atoms with Crippen LogP contribution in [0.4, 0.5) is 5.69 Å². The highest BCUT2D eigenvalue weighted by Crippen LogP contribution is 2.39.